The highest BCUT2D eigenvalue weighted by atomic mass is 16.7. The molecule has 1 rings (SSSR count). The minimum atomic E-state index is -0.493. The van der Waals surface area contributed by atoms with Crippen LogP contribution in [0.2, 0.25) is 0 Å². The van der Waals surface area contributed by atoms with E-state index in [0.29, 0.717) is 12.0 Å². The van der Waals surface area contributed by atoms with Crippen LogP contribution >= 0.6 is 0 Å². The lowest BCUT2D eigenvalue weighted by Crippen LogP contribution is -2.28. The molecule has 1 N–H and O–H groups in total. The van der Waals surface area contributed by atoms with Crippen molar-refractivity contribution in [3.63, 3.8) is 0 Å². The first-order valence-electron chi connectivity index (χ1n) is 6.90. The number of hydrogen-bond donors (Lipinski definition) is 1. The Balaban J connectivity index is 2.55. The maximum Gasteiger partial charge on any atom is 0.358 e. The number of ether oxygens (including phenoxy) is 1. The van der Waals surface area contributed by atoms with E-state index in [9.17, 15) is 9.59 Å². The molecule has 5 nitrogen and oxygen atoms in total. The van der Waals surface area contributed by atoms with Crippen LogP contribution in [-0.2, 0) is 19.2 Å². The fraction of sp³-hybridized carbons (Fsp3) is 0.714. The molecule has 0 aromatic carbocycles. The summed E-state index contributed by atoms with van der Waals surface area (Å²) >= 11 is 0. The monoisotopic (exact) mass is 269 g/mol. The van der Waals surface area contributed by atoms with E-state index in [4.69, 9.17) is 4.74 Å². The van der Waals surface area contributed by atoms with Crippen LogP contribution in [-0.4, -0.2) is 24.1 Å². The van der Waals surface area contributed by atoms with Gasteiger partial charge in [-0.05, 0) is 38.2 Å². The van der Waals surface area contributed by atoms with E-state index in [-0.39, 0.29) is 12.2 Å². The van der Waals surface area contributed by atoms with Crippen molar-refractivity contribution in [2.75, 3.05) is 0 Å². The number of hydrogen-bond acceptors (Lipinski definition) is 4. The van der Waals surface area contributed by atoms with Crippen molar-refractivity contribution in [1.29, 1.82) is 0 Å². The van der Waals surface area contributed by atoms with E-state index in [1.165, 1.54) is 6.92 Å². The molecule has 0 radical (unpaired) electrons. The van der Waals surface area contributed by atoms with Crippen LogP contribution < -0.4 is 5.48 Å². The van der Waals surface area contributed by atoms with Crippen LogP contribution in [0.15, 0.2) is 11.6 Å². The predicted molar refractivity (Wildman–Crippen MR) is 71.1 cm³/mol. The molecule has 19 heavy (non-hydrogen) atoms. The Labute approximate surface area is 114 Å². The topological polar surface area (TPSA) is 64.6 Å². The van der Waals surface area contributed by atoms with E-state index in [1.54, 1.807) is 0 Å². The van der Waals surface area contributed by atoms with Gasteiger partial charge in [0.2, 0.25) is 5.91 Å². The van der Waals surface area contributed by atoms with Crippen molar-refractivity contribution in [2.24, 2.45) is 0 Å². The fourth-order valence-electron chi connectivity index (χ4n) is 2.07. The molecular formula is C14H23NO4. The lowest BCUT2D eigenvalue weighted by Gasteiger charge is -2.24. The van der Waals surface area contributed by atoms with E-state index in [2.05, 4.69) is 24.2 Å². The molecule has 0 heterocycles. The average Bonchev–Trinajstić information content (AvgIpc) is 2.42. The molecule has 1 amide bonds. The molecule has 0 bridgehead atoms. The van der Waals surface area contributed by atoms with Crippen molar-refractivity contribution in [2.45, 2.75) is 65.1 Å². The average molecular weight is 269 g/mol. The highest BCUT2D eigenvalue weighted by Crippen LogP contribution is 2.23. The number of carbonyl (C=O) groups is 2. The Bertz CT molecular complexity index is 347. The normalized spacial score (nSPS) is 18.9. The van der Waals surface area contributed by atoms with Crippen molar-refractivity contribution < 1.29 is 19.2 Å². The maximum absolute atomic E-state index is 11.7. The van der Waals surface area contributed by atoms with E-state index in [0.717, 1.165) is 25.7 Å². The van der Waals surface area contributed by atoms with Gasteiger partial charge in [0, 0.05) is 12.5 Å². The van der Waals surface area contributed by atoms with Gasteiger partial charge in [0.15, 0.2) is 0 Å². The lowest BCUT2D eigenvalue weighted by atomic mass is 9.97. The maximum atomic E-state index is 11.7. The van der Waals surface area contributed by atoms with Crippen molar-refractivity contribution in [3.05, 3.63) is 11.6 Å². The van der Waals surface area contributed by atoms with Gasteiger partial charge in [-0.15, -0.1) is 0 Å². The third kappa shape index (κ3) is 5.42. The molecule has 0 aromatic rings. The number of carbonyl (C=O) groups excluding carboxylic acids is 2. The molecule has 1 unspecified atom stereocenters. The third-order valence-electron chi connectivity index (χ3n) is 3.15. The lowest BCUT2D eigenvalue weighted by molar-refractivity contribution is -0.154. The number of amides is 1. The molecule has 1 aliphatic rings. The molecule has 0 fully saturated rings. The molecule has 0 saturated heterocycles. The molecule has 1 aliphatic carbocycles. The Morgan fingerprint density at radius 1 is 1.42 bits per heavy atom. The second-order valence-corrected chi connectivity index (χ2v) is 4.74. The quantitative estimate of drug-likeness (QED) is 0.778. The Morgan fingerprint density at radius 2 is 2.11 bits per heavy atom. The first kappa shape index (κ1) is 15.7. The zero-order valence-electron chi connectivity index (χ0n) is 11.9. The molecule has 108 valence electrons. The predicted octanol–water partition coefficient (Wildman–Crippen LogP) is 2.26. The van der Waals surface area contributed by atoms with E-state index in [1.807, 2.05) is 6.08 Å². The fourth-order valence-corrected chi connectivity index (χ4v) is 2.07. The molecule has 0 spiro atoms. The zero-order valence-corrected chi connectivity index (χ0v) is 11.9. The van der Waals surface area contributed by atoms with Gasteiger partial charge in [0.1, 0.15) is 0 Å². The minimum Gasteiger partial charge on any atom is -0.371 e. The first-order chi connectivity index (χ1) is 9.06. The molecule has 0 aromatic heterocycles. The standard InChI is InChI=1S/C14H23NO4/c1-4-12(5-2)18-13-8-6-7-11(9-13)14(17)19-15-10(3)16/h9,12-13H,4-8H2,1-3H3,(H,15,16). The summed E-state index contributed by atoms with van der Waals surface area (Å²) in [5.74, 6) is -0.886. The summed E-state index contributed by atoms with van der Waals surface area (Å²) in [6, 6.07) is 0. The second-order valence-electron chi connectivity index (χ2n) is 4.74. The van der Waals surface area contributed by atoms with Crippen molar-refractivity contribution in [3.8, 4) is 0 Å². The van der Waals surface area contributed by atoms with Gasteiger partial charge in [-0.2, -0.15) is 5.48 Å². The summed E-state index contributed by atoms with van der Waals surface area (Å²) < 4.78 is 5.92. The Morgan fingerprint density at radius 3 is 2.68 bits per heavy atom. The van der Waals surface area contributed by atoms with Crippen LogP contribution in [0.1, 0.15) is 52.9 Å². The van der Waals surface area contributed by atoms with Gasteiger partial charge in [-0.1, -0.05) is 13.8 Å². The Hall–Kier alpha value is -1.36. The Kier molecular flexibility index (Phi) is 6.56. The van der Waals surface area contributed by atoms with Gasteiger partial charge >= 0.3 is 5.97 Å². The van der Waals surface area contributed by atoms with Crippen LogP contribution in [0.3, 0.4) is 0 Å². The van der Waals surface area contributed by atoms with Crippen molar-refractivity contribution >= 4 is 11.9 Å². The summed E-state index contributed by atoms with van der Waals surface area (Å²) in [6.07, 6.45) is 6.44. The van der Waals surface area contributed by atoms with Gasteiger partial charge in [0.05, 0.1) is 12.2 Å². The summed E-state index contributed by atoms with van der Waals surface area (Å²) in [4.78, 5) is 27.1. The third-order valence-corrected chi connectivity index (χ3v) is 3.15. The van der Waals surface area contributed by atoms with Gasteiger partial charge in [-0.3, -0.25) is 4.79 Å². The zero-order chi connectivity index (χ0) is 14.3. The summed E-state index contributed by atoms with van der Waals surface area (Å²) in [7, 11) is 0. The van der Waals surface area contributed by atoms with Crippen molar-refractivity contribution in [1.82, 2.24) is 5.48 Å². The van der Waals surface area contributed by atoms with Crippen LogP contribution in [0.5, 0.6) is 0 Å². The van der Waals surface area contributed by atoms with E-state index >= 15 is 0 Å². The summed E-state index contributed by atoms with van der Waals surface area (Å²) in [6.45, 7) is 5.47. The first-order valence-corrected chi connectivity index (χ1v) is 6.90. The largest absolute Gasteiger partial charge is 0.371 e. The number of rotatable bonds is 5. The summed E-state index contributed by atoms with van der Waals surface area (Å²) in [5, 5.41) is 0. The minimum absolute atomic E-state index is 0.0291. The van der Waals surface area contributed by atoms with Crippen LogP contribution in [0.4, 0.5) is 0 Å². The van der Waals surface area contributed by atoms with Gasteiger partial charge in [0.25, 0.3) is 0 Å². The van der Waals surface area contributed by atoms with E-state index < -0.39 is 11.9 Å². The number of nitrogens with one attached hydrogen (secondary N) is 1. The van der Waals surface area contributed by atoms with Gasteiger partial charge < -0.3 is 9.57 Å². The highest BCUT2D eigenvalue weighted by Gasteiger charge is 2.22. The smallest absolute Gasteiger partial charge is 0.358 e. The van der Waals surface area contributed by atoms with Crippen LogP contribution in [0, 0.1) is 0 Å². The number of hydroxylamine groups is 1. The van der Waals surface area contributed by atoms with Gasteiger partial charge in [-0.25, -0.2) is 4.79 Å². The summed E-state index contributed by atoms with van der Waals surface area (Å²) in [5.41, 5.74) is 2.63. The van der Waals surface area contributed by atoms with Crippen LogP contribution in [0.25, 0.3) is 0 Å². The molecule has 5 heteroatoms. The molecule has 0 aliphatic heterocycles. The molecule has 1 atom stereocenters. The molecule has 0 saturated carbocycles. The SMILES string of the molecule is CCC(CC)OC1C=C(C(=O)ONC(C)=O)CCC1. The highest BCUT2D eigenvalue weighted by molar-refractivity contribution is 5.89. The molecular weight excluding hydrogens is 246 g/mol. The second kappa shape index (κ2) is 7.94.